The van der Waals surface area contributed by atoms with E-state index in [0.717, 1.165) is 102 Å². The molecule has 10 heteroatoms. The Kier molecular flexibility index (Phi) is 18.3. The molecule has 2 aromatic heterocycles. The number of para-hydroxylation sites is 12. The third kappa shape index (κ3) is 12.5. The maximum Gasteiger partial charge on any atom is 0.252 e. The summed E-state index contributed by atoms with van der Waals surface area (Å²) < 4.78 is 4.79. The number of hydrogen-bond donors (Lipinski definition) is 0. The van der Waals surface area contributed by atoms with Crippen LogP contribution in [0.15, 0.2) is 461 Å². The predicted octanol–water partition coefficient (Wildman–Crippen LogP) is 28.2. The molecule has 20 aromatic rings. The first kappa shape index (κ1) is 70.6. The van der Waals surface area contributed by atoms with Crippen molar-refractivity contribution in [2.45, 2.75) is 0 Å². The Labute approximate surface area is 692 Å². The average molecular weight is 1530 g/mol. The molecule has 4 heterocycles. The van der Waals surface area contributed by atoms with E-state index in [1.807, 2.05) is 6.07 Å². The van der Waals surface area contributed by atoms with Crippen molar-refractivity contribution in [3.63, 3.8) is 0 Å². The van der Waals surface area contributed by atoms with Gasteiger partial charge >= 0.3 is 0 Å². The summed E-state index contributed by atoms with van der Waals surface area (Å²) in [5.74, 6) is 0. The number of nitrogens with zero attached hydrogens (tertiary/aromatic N) is 8. The Morgan fingerprint density at radius 1 is 0.195 bits per heavy atom. The molecule has 2 aliphatic heterocycles. The Balaban J connectivity index is 0.000000147. The monoisotopic (exact) mass is 1530 g/mol. The Bertz CT molecular complexity index is 6950. The summed E-state index contributed by atoms with van der Waals surface area (Å²) in [6.07, 6.45) is 0. The highest BCUT2D eigenvalue weighted by molar-refractivity contribution is 7.00. The van der Waals surface area contributed by atoms with Crippen LogP contribution in [0, 0.1) is 0 Å². The molecule has 8 nitrogen and oxygen atoms in total. The van der Waals surface area contributed by atoms with Crippen molar-refractivity contribution in [3.8, 4) is 11.4 Å². The van der Waals surface area contributed by atoms with Gasteiger partial charge in [0.25, 0.3) is 6.71 Å². The Hall–Kier alpha value is -15.3. The Morgan fingerprint density at radius 2 is 0.508 bits per heavy atom. The van der Waals surface area contributed by atoms with E-state index in [-0.39, 0.29) is 6.71 Å². The lowest BCUT2D eigenvalue weighted by Gasteiger charge is -2.44. The van der Waals surface area contributed by atoms with Crippen LogP contribution in [0.2, 0.25) is 5.02 Å². The molecule has 18 aromatic carbocycles. The van der Waals surface area contributed by atoms with Gasteiger partial charge in [-0.2, -0.15) is 0 Å². The number of rotatable bonds is 16. The van der Waals surface area contributed by atoms with Crippen molar-refractivity contribution in [1.29, 1.82) is 0 Å². The van der Waals surface area contributed by atoms with Crippen molar-refractivity contribution in [2.24, 2.45) is 0 Å². The first-order valence-electron chi connectivity index (χ1n) is 40.1. The lowest BCUT2D eigenvalue weighted by Crippen LogP contribution is -2.61. The van der Waals surface area contributed by atoms with Gasteiger partial charge in [0.2, 0.25) is 0 Å². The molecule has 0 atom stereocenters. The lowest BCUT2D eigenvalue weighted by atomic mass is 9.33. The number of hydrogen-bond acceptors (Lipinski definition) is 6. The van der Waals surface area contributed by atoms with Crippen LogP contribution in [0.4, 0.5) is 102 Å². The maximum atomic E-state index is 7.80. The van der Waals surface area contributed by atoms with Crippen LogP contribution in [0.1, 0.15) is 0 Å². The normalized spacial score (nSPS) is 11.9. The van der Waals surface area contributed by atoms with Crippen LogP contribution in [0.25, 0.3) is 55.0 Å². The SMILES string of the molecule is Clc1c(N(c2ccccc2)c2cccc(N(c3ccccc3)c3ccccc3)c2)cccc1N(c1ccccc1)c1ccc2c3ccccc3n(-c3ccccc3)c2c1.c1ccc(N(c2ccccc2)c2ccc3c(c2)N(c2ccccc2)c2cccc4c2B3c2cc3c5ccccc5n(-c5ccccc5)c3cc2N4c2ccccc2)cc1. The first-order chi connectivity index (χ1) is 58.5. The highest BCUT2D eigenvalue weighted by Crippen LogP contribution is 2.51. The minimum Gasteiger partial charge on any atom is -0.311 e. The quantitative estimate of drug-likeness (QED) is 0.0896. The van der Waals surface area contributed by atoms with E-state index in [0.29, 0.717) is 5.02 Å². The number of aromatic nitrogens is 2. The maximum absolute atomic E-state index is 7.80. The zero-order valence-corrected chi connectivity index (χ0v) is 65.2. The zero-order chi connectivity index (χ0) is 78.4. The van der Waals surface area contributed by atoms with Crippen molar-refractivity contribution in [2.75, 3.05) is 29.4 Å². The molecule has 118 heavy (non-hydrogen) atoms. The molecule has 0 radical (unpaired) electrons. The zero-order valence-electron chi connectivity index (χ0n) is 64.4. The van der Waals surface area contributed by atoms with E-state index in [2.05, 4.69) is 494 Å². The largest absolute Gasteiger partial charge is 0.311 e. The molecule has 0 N–H and O–H groups in total. The van der Waals surface area contributed by atoms with Crippen molar-refractivity contribution < 1.29 is 0 Å². The summed E-state index contributed by atoms with van der Waals surface area (Å²) in [4.78, 5) is 14.1. The molecule has 558 valence electrons. The van der Waals surface area contributed by atoms with Gasteiger partial charge in [-0.15, -0.1) is 0 Å². The molecule has 0 amide bonds. The van der Waals surface area contributed by atoms with Gasteiger partial charge in [-0.25, -0.2) is 0 Å². The number of anilines is 18. The fourth-order valence-electron chi connectivity index (χ4n) is 17.9. The van der Waals surface area contributed by atoms with Gasteiger partial charge in [0, 0.05) is 124 Å². The number of halogens is 1. The van der Waals surface area contributed by atoms with Gasteiger partial charge in [0.15, 0.2) is 0 Å². The van der Waals surface area contributed by atoms with Crippen LogP contribution in [0.3, 0.4) is 0 Å². The van der Waals surface area contributed by atoms with Crippen molar-refractivity contribution in [3.05, 3.63) is 466 Å². The fourth-order valence-corrected chi connectivity index (χ4v) is 18.2. The van der Waals surface area contributed by atoms with Crippen LogP contribution in [-0.2, 0) is 0 Å². The smallest absolute Gasteiger partial charge is 0.252 e. The topological polar surface area (TPSA) is 29.3 Å². The fraction of sp³-hybridized carbons (Fsp3) is 0. The Morgan fingerprint density at radius 3 is 0.958 bits per heavy atom. The van der Waals surface area contributed by atoms with Crippen LogP contribution in [0.5, 0.6) is 0 Å². The third-order valence-electron chi connectivity index (χ3n) is 22.9. The molecule has 0 saturated carbocycles. The highest BCUT2D eigenvalue weighted by Gasteiger charge is 2.44. The molecule has 0 saturated heterocycles. The molecule has 2 aliphatic rings. The van der Waals surface area contributed by atoms with Gasteiger partial charge in [0.05, 0.1) is 38.5 Å². The van der Waals surface area contributed by atoms with Gasteiger partial charge in [-0.1, -0.05) is 266 Å². The summed E-state index contributed by atoms with van der Waals surface area (Å²) in [5.41, 5.74) is 30.0. The molecule has 0 unspecified atom stereocenters. The minimum absolute atomic E-state index is 0.0229. The summed E-state index contributed by atoms with van der Waals surface area (Å²) in [6.45, 7) is -0.0229. The van der Waals surface area contributed by atoms with Crippen LogP contribution in [-0.4, -0.2) is 15.8 Å². The van der Waals surface area contributed by atoms with Gasteiger partial charge in [-0.3, -0.25) is 0 Å². The number of benzene rings is 18. The first-order valence-corrected chi connectivity index (χ1v) is 40.5. The summed E-state index contributed by atoms with van der Waals surface area (Å²) in [5, 5.41) is 5.52. The predicted molar refractivity (Wildman–Crippen MR) is 499 cm³/mol. The van der Waals surface area contributed by atoms with E-state index >= 15 is 0 Å². The molecule has 0 spiro atoms. The molecule has 0 fully saturated rings. The second-order valence-corrected chi connectivity index (χ2v) is 30.1. The van der Waals surface area contributed by atoms with Crippen LogP contribution < -0.4 is 45.8 Å². The van der Waals surface area contributed by atoms with Crippen molar-refractivity contribution in [1.82, 2.24) is 9.13 Å². The molecule has 22 rings (SSSR count). The van der Waals surface area contributed by atoms with Gasteiger partial charge < -0.3 is 38.5 Å². The van der Waals surface area contributed by atoms with E-state index in [1.54, 1.807) is 0 Å². The third-order valence-corrected chi connectivity index (χ3v) is 23.3. The average Bonchev–Trinajstić information content (AvgIpc) is 0.712. The summed E-state index contributed by atoms with van der Waals surface area (Å²) in [6, 6.07) is 165. The van der Waals surface area contributed by atoms with Gasteiger partial charge in [0.1, 0.15) is 0 Å². The van der Waals surface area contributed by atoms with Gasteiger partial charge in [-0.05, 0) is 223 Å². The second-order valence-electron chi connectivity index (χ2n) is 29.7. The van der Waals surface area contributed by atoms with E-state index < -0.39 is 0 Å². The van der Waals surface area contributed by atoms with E-state index in [4.69, 9.17) is 11.6 Å². The molecule has 0 aliphatic carbocycles. The molecular weight excluding hydrogens is 1460 g/mol. The molecule has 0 bridgehead atoms. The van der Waals surface area contributed by atoms with E-state index in [9.17, 15) is 0 Å². The minimum atomic E-state index is -0.0229. The summed E-state index contributed by atoms with van der Waals surface area (Å²) in [7, 11) is 0. The lowest BCUT2D eigenvalue weighted by molar-refractivity contribution is 1.18. The van der Waals surface area contributed by atoms with Crippen molar-refractivity contribution >= 4 is 181 Å². The van der Waals surface area contributed by atoms with Crippen LogP contribution >= 0.6 is 11.6 Å². The second kappa shape index (κ2) is 30.6. The van der Waals surface area contributed by atoms with E-state index in [1.165, 1.54) is 71.7 Å². The molecular formula is C108H76BClN8. The standard InChI is InChI=1S/C54H37BN4.C54H39ClN4/c1-6-19-38(20-7-1)56(39-21-8-2-9-22-39)43-33-34-46-52(35-43)58(41-25-12-4-13-26-41)49-31-18-32-50-54(49)55(46)47-36-45-44-29-16-17-30-48(44)57(40-23-10-3-11-24-40)51(45)37-53(47)59(50)42-27-14-5-15-28-42;55-54-51(57(42-24-10-3-11-25-42)46-31-18-30-45(38-46)56(40-20-6-1-7-21-40)41-22-8-2-9-23-41)34-19-35-52(54)58(43-26-12-4-13-27-43)47-36-37-49-48-32-16-17-33-50(48)59(53(49)39-47)44-28-14-5-15-29-44/h1-37H;1-39H. The summed E-state index contributed by atoms with van der Waals surface area (Å²) >= 11 is 7.80. The highest BCUT2D eigenvalue weighted by atomic mass is 35.5. The number of fused-ring (bicyclic) bond motifs is 10.